The summed E-state index contributed by atoms with van der Waals surface area (Å²) in [5, 5.41) is 41.3. The standard InChI is InChI=1S/C30H23Cl2NO4.C4H11NO3/c1-17(2)29-24(28(33-37-29)27-25(31)7-4-8-26(27)32)16-36-21-12-9-18(10-13-21)19-11-14-22-20(15-19)5-3-6-23(22)30(34)35;5-4(1-6,2-7)3-8/h3-15,17H,16H2,1-2H3,(H,34,35);6-8H,1-3,5H2. The van der Waals surface area contributed by atoms with Crippen molar-refractivity contribution in [2.24, 2.45) is 5.73 Å². The summed E-state index contributed by atoms with van der Waals surface area (Å²) in [5.41, 5.74) is 8.21. The van der Waals surface area contributed by atoms with Gasteiger partial charge in [-0.2, -0.15) is 0 Å². The first-order valence-corrected chi connectivity index (χ1v) is 14.8. The van der Waals surface area contributed by atoms with Crippen molar-refractivity contribution < 1.29 is 34.5 Å². The number of halogens is 2. The van der Waals surface area contributed by atoms with E-state index < -0.39 is 31.3 Å². The van der Waals surface area contributed by atoms with Crippen molar-refractivity contribution in [3.8, 4) is 28.1 Å². The van der Waals surface area contributed by atoms with Crippen LogP contribution in [0.4, 0.5) is 0 Å². The van der Waals surface area contributed by atoms with Crippen molar-refractivity contribution in [1.82, 2.24) is 5.16 Å². The molecule has 0 aliphatic carbocycles. The van der Waals surface area contributed by atoms with Gasteiger partial charge in [-0.25, -0.2) is 4.79 Å². The van der Waals surface area contributed by atoms with Crippen LogP contribution in [-0.2, 0) is 6.61 Å². The number of aliphatic hydroxyl groups excluding tert-OH is 3. The lowest BCUT2D eigenvalue weighted by molar-refractivity contribution is 0.0693. The Bertz CT molecular complexity index is 1740. The molecule has 0 aliphatic heterocycles. The molecule has 0 amide bonds. The second-order valence-electron chi connectivity index (χ2n) is 10.8. The lowest BCUT2D eigenvalue weighted by Crippen LogP contribution is -2.50. The number of nitrogens with zero attached hydrogens (tertiary/aromatic N) is 1. The number of rotatable bonds is 10. The first-order chi connectivity index (χ1) is 21.5. The minimum absolute atomic E-state index is 0.0954. The fraction of sp³-hybridized carbons (Fsp3) is 0.235. The van der Waals surface area contributed by atoms with E-state index in [1.165, 1.54) is 0 Å². The number of aromatic nitrogens is 1. The van der Waals surface area contributed by atoms with Crippen LogP contribution in [0.1, 0.15) is 41.4 Å². The molecule has 0 radical (unpaired) electrons. The van der Waals surface area contributed by atoms with Gasteiger partial charge >= 0.3 is 5.97 Å². The lowest BCUT2D eigenvalue weighted by Gasteiger charge is -2.20. The van der Waals surface area contributed by atoms with Crippen LogP contribution in [0.15, 0.2) is 83.4 Å². The Labute approximate surface area is 270 Å². The third-order valence-corrected chi connectivity index (χ3v) is 7.80. The molecule has 9 nitrogen and oxygen atoms in total. The number of aromatic carboxylic acids is 1. The second-order valence-corrected chi connectivity index (χ2v) is 11.6. The molecule has 0 fully saturated rings. The van der Waals surface area contributed by atoms with Crippen molar-refractivity contribution in [3.05, 3.63) is 106 Å². The molecule has 6 N–H and O–H groups in total. The van der Waals surface area contributed by atoms with E-state index in [2.05, 4.69) is 5.16 Å². The quantitative estimate of drug-likeness (QED) is 0.113. The Hall–Kier alpha value is -3.96. The molecular weight excluding hydrogens is 619 g/mol. The normalized spacial score (nSPS) is 11.4. The van der Waals surface area contributed by atoms with Crippen molar-refractivity contribution in [2.45, 2.75) is 31.9 Å². The first kappa shape index (κ1) is 33.9. The van der Waals surface area contributed by atoms with Crippen LogP contribution in [0.2, 0.25) is 10.0 Å². The number of hydrogen-bond acceptors (Lipinski definition) is 8. The zero-order valence-electron chi connectivity index (χ0n) is 24.7. The van der Waals surface area contributed by atoms with Crippen LogP contribution >= 0.6 is 23.2 Å². The zero-order valence-corrected chi connectivity index (χ0v) is 26.2. The molecule has 1 heterocycles. The Morgan fingerprint density at radius 1 is 0.911 bits per heavy atom. The summed E-state index contributed by atoms with van der Waals surface area (Å²) in [6, 6.07) is 24.1. The maximum atomic E-state index is 11.5. The monoisotopic (exact) mass is 652 g/mol. The summed E-state index contributed by atoms with van der Waals surface area (Å²) in [6.45, 7) is 3.08. The van der Waals surface area contributed by atoms with Gasteiger partial charge in [-0.05, 0) is 58.3 Å². The molecule has 0 spiro atoms. The maximum Gasteiger partial charge on any atom is 0.336 e. The molecule has 0 saturated carbocycles. The van der Waals surface area contributed by atoms with Gasteiger partial charge in [-0.1, -0.05) is 84.7 Å². The SMILES string of the molecule is CC(C)c1onc(-c2c(Cl)cccc2Cl)c1COc1ccc(-c2ccc3c(C(=O)O)cccc3c2)cc1.NC(CO)(CO)CO. The van der Waals surface area contributed by atoms with Crippen LogP contribution < -0.4 is 10.5 Å². The second kappa shape index (κ2) is 14.9. The number of hydrogen-bond donors (Lipinski definition) is 5. The van der Waals surface area contributed by atoms with Gasteiger partial charge in [0.15, 0.2) is 0 Å². The van der Waals surface area contributed by atoms with E-state index in [-0.39, 0.29) is 12.5 Å². The largest absolute Gasteiger partial charge is 0.489 e. The average molecular weight is 654 g/mol. The predicted octanol–water partition coefficient (Wildman–Crippen LogP) is 6.53. The summed E-state index contributed by atoms with van der Waals surface area (Å²) in [5.74, 6) is 0.565. The molecule has 0 bridgehead atoms. The summed E-state index contributed by atoms with van der Waals surface area (Å²) < 4.78 is 11.8. The number of benzene rings is 4. The lowest BCUT2D eigenvalue weighted by atomic mass is 9.98. The molecule has 0 atom stereocenters. The highest BCUT2D eigenvalue weighted by atomic mass is 35.5. The number of ether oxygens (including phenoxy) is 1. The fourth-order valence-corrected chi connectivity index (χ4v) is 5.11. The average Bonchev–Trinajstić information content (AvgIpc) is 3.47. The number of nitrogens with two attached hydrogens (primary N) is 1. The Balaban J connectivity index is 0.000000510. The van der Waals surface area contributed by atoms with Gasteiger partial charge in [0.25, 0.3) is 0 Å². The fourth-order valence-electron chi connectivity index (χ4n) is 4.53. The van der Waals surface area contributed by atoms with Crippen LogP contribution in [0.3, 0.4) is 0 Å². The highest BCUT2D eigenvalue weighted by molar-refractivity contribution is 6.39. The third-order valence-electron chi connectivity index (χ3n) is 7.17. The molecule has 4 aromatic carbocycles. The van der Waals surface area contributed by atoms with Gasteiger partial charge in [0, 0.05) is 11.5 Å². The minimum Gasteiger partial charge on any atom is -0.489 e. The zero-order chi connectivity index (χ0) is 32.7. The maximum absolute atomic E-state index is 11.5. The van der Waals surface area contributed by atoms with E-state index in [1.54, 1.807) is 30.3 Å². The van der Waals surface area contributed by atoms with E-state index in [0.29, 0.717) is 38.0 Å². The molecule has 5 rings (SSSR count). The first-order valence-electron chi connectivity index (χ1n) is 14.1. The summed E-state index contributed by atoms with van der Waals surface area (Å²) in [7, 11) is 0. The van der Waals surface area contributed by atoms with Crippen molar-refractivity contribution >= 4 is 39.9 Å². The van der Waals surface area contributed by atoms with E-state index >= 15 is 0 Å². The predicted molar refractivity (Wildman–Crippen MR) is 175 cm³/mol. The van der Waals surface area contributed by atoms with Crippen LogP contribution in [-0.4, -0.2) is 56.9 Å². The highest BCUT2D eigenvalue weighted by Gasteiger charge is 2.24. The van der Waals surface area contributed by atoms with Gasteiger partial charge in [0.1, 0.15) is 23.8 Å². The number of fused-ring (bicyclic) bond motifs is 1. The molecule has 5 aromatic rings. The van der Waals surface area contributed by atoms with Gasteiger partial charge in [0.2, 0.25) is 0 Å². The smallest absolute Gasteiger partial charge is 0.336 e. The highest BCUT2D eigenvalue weighted by Crippen LogP contribution is 2.39. The van der Waals surface area contributed by atoms with Crippen molar-refractivity contribution in [2.75, 3.05) is 19.8 Å². The summed E-state index contributed by atoms with van der Waals surface area (Å²) in [6.07, 6.45) is 0. The van der Waals surface area contributed by atoms with Crippen LogP contribution in [0.5, 0.6) is 5.75 Å². The van der Waals surface area contributed by atoms with Gasteiger partial charge in [0.05, 0.1) is 46.5 Å². The molecule has 1 aromatic heterocycles. The Morgan fingerprint density at radius 2 is 1.51 bits per heavy atom. The van der Waals surface area contributed by atoms with E-state index in [9.17, 15) is 9.90 Å². The minimum atomic E-state index is -1.21. The molecule has 0 aliphatic rings. The molecule has 0 saturated heterocycles. The topological polar surface area (TPSA) is 159 Å². The summed E-state index contributed by atoms with van der Waals surface area (Å²) in [4.78, 5) is 11.5. The number of carboxylic acid groups (broad SMARTS) is 1. The van der Waals surface area contributed by atoms with Crippen LogP contribution in [0, 0.1) is 0 Å². The molecule has 45 heavy (non-hydrogen) atoms. The van der Waals surface area contributed by atoms with Crippen molar-refractivity contribution in [3.63, 3.8) is 0 Å². The molecule has 0 unspecified atom stereocenters. The Morgan fingerprint density at radius 3 is 2.07 bits per heavy atom. The molecular formula is C34H34Cl2N2O7. The van der Waals surface area contributed by atoms with E-state index in [0.717, 1.165) is 27.8 Å². The summed E-state index contributed by atoms with van der Waals surface area (Å²) >= 11 is 12.9. The van der Waals surface area contributed by atoms with E-state index in [1.807, 2.05) is 62.4 Å². The Kier molecular flexibility index (Phi) is 11.2. The number of aliphatic hydroxyl groups is 3. The van der Waals surface area contributed by atoms with Gasteiger partial charge in [-0.15, -0.1) is 0 Å². The van der Waals surface area contributed by atoms with Gasteiger partial charge < -0.3 is 35.4 Å². The number of carboxylic acids is 1. The molecule has 11 heteroatoms. The van der Waals surface area contributed by atoms with Gasteiger partial charge in [-0.3, -0.25) is 0 Å². The van der Waals surface area contributed by atoms with Crippen molar-refractivity contribution in [1.29, 1.82) is 0 Å². The van der Waals surface area contributed by atoms with E-state index in [4.69, 9.17) is 53.5 Å². The third kappa shape index (κ3) is 7.83. The molecule has 236 valence electrons. The van der Waals surface area contributed by atoms with Crippen LogP contribution in [0.25, 0.3) is 33.2 Å². The number of carbonyl (C=O) groups is 1.